The fourth-order valence-electron chi connectivity index (χ4n) is 2.15. The summed E-state index contributed by atoms with van der Waals surface area (Å²) in [6, 6.07) is 12.0. The zero-order valence-corrected chi connectivity index (χ0v) is 13.3. The minimum Gasteiger partial charge on any atom is -0.448 e. The summed E-state index contributed by atoms with van der Waals surface area (Å²) in [6.45, 7) is 1.74. The lowest BCUT2D eigenvalue weighted by Crippen LogP contribution is -2.12. The van der Waals surface area contributed by atoms with Crippen molar-refractivity contribution in [2.24, 2.45) is 0 Å². The Morgan fingerprint density at radius 3 is 2.57 bits per heavy atom. The van der Waals surface area contributed by atoms with Crippen LogP contribution in [-0.2, 0) is 0 Å². The SMILES string of the molecule is Cc1c(C(=O)Nc2ccc(I)cc2)oc2c(F)cccc12. The zero-order valence-electron chi connectivity index (χ0n) is 11.1. The van der Waals surface area contributed by atoms with Gasteiger partial charge in [-0.15, -0.1) is 0 Å². The van der Waals surface area contributed by atoms with Crippen molar-refractivity contribution in [2.45, 2.75) is 6.92 Å². The van der Waals surface area contributed by atoms with Crippen LogP contribution in [0, 0.1) is 16.3 Å². The molecule has 0 fully saturated rings. The molecule has 106 valence electrons. The van der Waals surface area contributed by atoms with Crippen molar-refractivity contribution in [1.82, 2.24) is 0 Å². The Kier molecular flexibility index (Phi) is 3.67. The summed E-state index contributed by atoms with van der Waals surface area (Å²) in [4.78, 5) is 12.3. The van der Waals surface area contributed by atoms with Crippen molar-refractivity contribution in [2.75, 3.05) is 5.32 Å². The number of carbonyl (C=O) groups is 1. The zero-order chi connectivity index (χ0) is 15.0. The summed E-state index contributed by atoms with van der Waals surface area (Å²) < 4.78 is 20.2. The van der Waals surface area contributed by atoms with E-state index in [0.29, 0.717) is 16.6 Å². The van der Waals surface area contributed by atoms with Crippen molar-refractivity contribution in [1.29, 1.82) is 0 Å². The van der Waals surface area contributed by atoms with Gasteiger partial charge in [-0.2, -0.15) is 0 Å². The van der Waals surface area contributed by atoms with Crippen molar-refractivity contribution in [3.8, 4) is 0 Å². The number of benzene rings is 2. The first kappa shape index (κ1) is 14.1. The molecule has 0 saturated carbocycles. The van der Waals surface area contributed by atoms with E-state index in [2.05, 4.69) is 27.9 Å². The van der Waals surface area contributed by atoms with Gasteiger partial charge in [0.25, 0.3) is 5.91 Å². The van der Waals surface area contributed by atoms with Gasteiger partial charge in [0.1, 0.15) is 0 Å². The second-order valence-corrected chi connectivity index (χ2v) is 5.88. The van der Waals surface area contributed by atoms with Crippen LogP contribution in [0.4, 0.5) is 10.1 Å². The highest BCUT2D eigenvalue weighted by Gasteiger charge is 2.19. The molecule has 0 aliphatic rings. The molecule has 0 aliphatic carbocycles. The Balaban J connectivity index is 1.96. The lowest BCUT2D eigenvalue weighted by molar-refractivity contribution is 0.0997. The van der Waals surface area contributed by atoms with Crippen LogP contribution >= 0.6 is 22.6 Å². The van der Waals surface area contributed by atoms with E-state index in [4.69, 9.17) is 4.42 Å². The van der Waals surface area contributed by atoms with Crippen LogP contribution < -0.4 is 5.32 Å². The van der Waals surface area contributed by atoms with Crippen LogP contribution in [0.25, 0.3) is 11.0 Å². The number of nitrogens with one attached hydrogen (secondary N) is 1. The Morgan fingerprint density at radius 2 is 1.90 bits per heavy atom. The summed E-state index contributed by atoms with van der Waals surface area (Å²) in [5.41, 5.74) is 1.41. The van der Waals surface area contributed by atoms with E-state index in [0.717, 1.165) is 3.57 Å². The number of amides is 1. The predicted octanol–water partition coefficient (Wildman–Crippen LogP) is 4.74. The van der Waals surface area contributed by atoms with Gasteiger partial charge in [-0.1, -0.05) is 12.1 Å². The van der Waals surface area contributed by atoms with E-state index < -0.39 is 5.82 Å². The maximum atomic E-state index is 13.7. The summed E-state index contributed by atoms with van der Waals surface area (Å²) in [6.07, 6.45) is 0. The second kappa shape index (κ2) is 5.48. The molecule has 21 heavy (non-hydrogen) atoms. The molecule has 5 heteroatoms. The number of rotatable bonds is 2. The van der Waals surface area contributed by atoms with E-state index in [1.165, 1.54) is 6.07 Å². The molecule has 0 bridgehead atoms. The number of aryl methyl sites for hydroxylation is 1. The summed E-state index contributed by atoms with van der Waals surface area (Å²) in [7, 11) is 0. The van der Waals surface area contributed by atoms with E-state index in [1.807, 2.05) is 12.1 Å². The molecule has 0 spiro atoms. The molecule has 3 rings (SSSR count). The summed E-state index contributed by atoms with van der Waals surface area (Å²) >= 11 is 2.19. The molecule has 3 nitrogen and oxygen atoms in total. The number of carbonyl (C=O) groups excluding carboxylic acids is 1. The maximum Gasteiger partial charge on any atom is 0.291 e. The first-order valence-electron chi connectivity index (χ1n) is 6.31. The minimum atomic E-state index is -0.469. The van der Waals surface area contributed by atoms with Crippen LogP contribution in [0.3, 0.4) is 0 Å². The first-order valence-corrected chi connectivity index (χ1v) is 7.38. The van der Waals surface area contributed by atoms with E-state index in [1.54, 1.807) is 31.2 Å². The molecular formula is C16H11FINO2. The minimum absolute atomic E-state index is 0.114. The average Bonchev–Trinajstić information content (AvgIpc) is 2.81. The Labute approximate surface area is 134 Å². The predicted molar refractivity (Wildman–Crippen MR) is 88.0 cm³/mol. The molecular weight excluding hydrogens is 384 g/mol. The molecule has 0 aliphatic heterocycles. The number of para-hydroxylation sites is 1. The molecule has 1 heterocycles. The summed E-state index contributed by atoms with van der Waals surface area (Å²) in [5, 5.41) is 3.36. The highest BCUT2D eigenvalue weighted by Crippen LogP contribution is 2.27. The molecule has 0 atom stereocenters. The van der Waals surface area contributed by atoms with Crippen LogP contribution in [0.5, 0.6) is 0 Å². The normalized spacial score (nSPS) is 10.8. The highest BCUT2D eigenvalue weighted by atomic mass is 127. The lowest BCUT2D eigenvalue weighted by atomic mass is 10.1. The van der Waals surface area contributed by atoms with E-state index in [9.17, 15) is 9.18 Å². The second-order valence-electron chi connectivity index (χ2n) is 4.63. The molecule has 0 radical (unpaired) electrons. The molecule has 0 unspecified atom stereocenters. The summed E-state index contributed by atoms with van der Waals surface area (Å²) in [5.74, 6) is -0.720. The smallest absolute Gasteiger partial charge is 0.291 e. The Hall–Kier alpha value is -1.89. The fraction of sp³-hybridized carbons (Fsp3) is 0.0625. The van der Waals surface area contributed by atoms with Crippen LogP contribution in [0.1, 0.15) is 16.1 Å². The third kappa shape index (κ3) is 2.65. The molecule has 2 aromatic carbocycles. The molecule has 1 N–H and O–H groups in total. The van der Waals surface area contributed by atoms with Gasteiger partial charge in [-0.25, -0.2) is 4.39 Å². The topological polar surface area (TPSA) is 42.2 Å². The lowest BCUT2D eigenvalue weighted by Gasteiger charge is -2.03. The number of hydrogen-bond acceptors (Lipinski definition) is 2. The monoisotopic (exact) mass is 395 g/mol. The van der Waals surface area contributed by atoms with Crippen LogP contribution in [0.2, 0.25) is 0 Å². The largest absolute Gasteiger partial charge is 0.448 e. The number of fused-ring (bicyclic) bond motifs is 1. The van der Waals surface area contributed by atoms with Gasteiger partial charge in [0.15, 0.2) is 17.2 Å². The fourth-order valence-corrected chi connectivity index (χ4v) is 2.51. The number of anilines is 1. The van der Waals surface area contributed by atoms with Crippen molar-refractivity contribution >= 4 is 45.2 Å². The van der Waals surface area contributed by atoms with Gasteiger partial charge in [0.2, 0.25) is 0 Å². The maximum absolute atomic E-state index is 13.7. The standard InChI is InChI=1S/C16H11FINO2/c1-9-12-3-2-4-13(17)15(12)21-14(9)16(20)19-11-7-5-10(18)6-8-11/h2-8H,1H3,(H,19,20). The van der Waals surface area contributed by atoms with Gasteiger partial charge < -0.3 is 9.73 Å². The third-order valence-corrected chi connectivity index (χ3v) is 3.94. The molecule has 3 aromatic rings. The van der Waals surface area contributed by atoms with Crippen LogP contribution in [0.15, 0.2) is 46.9 Å². The molecule has 1 amide bonds. The van der Waals surface area contributed by atoms with Crippen molar-refractivity contribution in [3.63, 3.8) is 0 Å². The number of furan rings is 1. The Bertz CT molecular complexity index is 824. The van der Waals surface area contributed by atoms with Crippen molar-refractivity contribution in [3.05, 3.63) is 63.2 Å². The van der Waals surface area contributed by atoms with Gasteiger partial charge in [-0.3, -0.25) is 4.79 Å². The van der Waals surface area contributed by atoms with Gasteiger partial charge in [0.05, 0.1) is 0 Å². The quantitative estimate of drug-likeness (QED) is 0.638. The van der Waals surface area contributed by atoms with Crippen molar-refractivity contribution < 1.29 is 13.6 Å². The van der Waals surface area contributed by atoms with E-state index >= 15 is 0 Å². The number of halogens is 2. The third-order valence-electron chi connectivity index (χ3n) is 3.22. The van der Waals surface area contributed by atoms with Gasteiger partial charge in [0, 0.05) is 20.2 Å². The molecule has 1 aromatic heterocycles. The first-order chi connectivity index (χ1) is 10.1. The number of hydrogen-bond donors (Lipinski definition) is 1. The molecule has 0 saturated heterocycles. The average molecular weight is 395 g/mol. The van der Waals surface area contributed by atoms with Gasteiger partial charge >= 0.3 is 0 Å². The van der Waals surface area contributed by atoms with Crippen LogP contribution in [-0.4, -0.2) is 5.91 Å². The van der Waals surface area contributed by atoms with Gasteiger partial charge in [-0.05, 0) is 59.8 Å². The van der Waals surface area contributed by atoms with E-state index in [-0.39, 0.29) is 17.3 Å². The highest BCUT2D eigenvalue weighted by molar-refractivity contribution is 14.1. The Morgan fingerprint density at radius 1 is 1.19 bits per heavy atom.